The molecule has 1 atom stereocenters. The zero-order valence-electron chi connectivity index (χ0n) is 21.6. The van der Waals surface area contributed by atoms with Crippen LogP contribution in [-0.2, 0) is 4.79 Å². The highest BCUT2D eigenvalue weighted by Gasteiger charge is 2.27. The highest BCUT2D eigenvalue weighted by Crippen LogP contribution is 2.23. The lowest BCUT2D eigenvalue weighted by Crippen LogP contribution is -2.49. The average Bonchev–Trinajstić information content (AvgIpc) is 2.79. The summed E-state index contributed by atoms with van der Waals surface area (Å²) in [7, 11) is 0. The second kappa shape index (κ2) is 11.1. The van der Waals surface area contributed by atoms with Crippen LogP contribution >= 0.6 is 0 Å². The summed E-state index contributed by atoms with van der Waals surface area (Å²) in [6.45, 7) is 20.1. The number of ketones is 2. The number of nitrogens with zero attached hydrogens (tertiary/aromatic N) is 4. The van der Waals surface area contributed by atoms with E-state index in [2.05, 4.69) is 40.5 Å². The van der Waals surface area contributed by atoms with Gasteiger partial charge in [-0.25, -0.2) is 4.98 Å². The van der Waals surface area contributed by atoms with Crippen LogP contribution in [0.5, 0.6) is 0 Å². The molecule has 1 aromatic heterocycles. The smallest absolute Gasteiger partial charge is 0.169 e. The summed E-state index contributed by atoms with van der Waals surface area (Å²) in [6, 6.07) is 3.91. The van der Waals surface area contributed by atoms with Crippen molar-refractivity contribution in [1.29, 1.82) is 0 Å². The summed E-state index contributed by atoms with van der Waals surface area (Å²) < 4.78 is 0. The quantitative estimate of drug-likeness (QED) is 0.551. The molecule has 3 rings (SSSR count). The molecule has 6 nitrogen and oxygen atoms in total. The van der Waals surface area contributed by atoms with E-state index in [4.69, 9.17) is 0 Å². The van der Waals surface area contributed by atoms with E-state index >= 15 is 0 Å². The minimum Gasteiger partial charge on any atom is -0.354 e. The molecule has 0 radical (unpaired) electrons. The van der Waals surface area contributed by atoms with Crippen LogP contribution in [0.25, 0.3) is 0 Å². The number of likely N-dealkylation sites (tertiary alicyclic amines) is 1. The van der Waals surface area contributed by atoms with Crippen LogP contribution in [0.4, 0.5) is 5.82 Å². The Hall–Kier alpha value is -1.79. The molecule has 0 N–H and O–H groups in total. The Balaban J connectivity index is 1.40. The SMILES string of the molecule is CC(C)C(C)C(=O)CN1CCC(CN2CCN(c3ccc(C(=O)C(C)(C)C)cn3)CC2)CC1. The summed E-state index contributed by atoms with van der Waals surface area (Å²) in [5.74, 6) is 2.80. The normalized spacial score (nSPS) is 20.3. The molecule has 0 saturated carbocycles. The molecule has 0 bridgehead atoms. The number of hydrogen-bond donors (Lipinski definition) is 0. The van der Waals surface area contributed by atoms with E-state index in [1.165, 1.54) is 12.8 Å². The molecule has 1 aromatic rings. The van der Waals surface area contributed by atoms with Gasteiger partial charge >= 0.3 is 0 Å². The third kappa shape index (κ3) is 7.10. The molecule has 2 fully saturated rings. The van der Waals surface area contributed by atoms with Crippen molar-refractivity contribution >= 4 is 17.4 Å². The summed E-state index contributed by atoms with van der Waals surface area (Å²) in [4.78, 5) is 36.7. The number of aromatic nitrogens is 1. The van der Waals surface area contributed by atoms with Gasteiger partial charge in [-0.15, -0.1) is 0 Å². The fourth-order valence-corrected chi connectivity index (χ4v) is 4.73. The highest BCUT2D eigenvalue weighted by molar-refractivity contribution is 5.99. The average molecular weight is 457 g/mol. The van der Waals surface area contributed by atoms with E-state index in [0.29, 0.717) is 23.8 Å². The van der Waals surface area contributed by atoms with Crippen LogP contribution in [-0.4, -0.2) is 78.7 Å². The topological polar surface area (TPSA) is 56.8 Å². The molecule has 33 heavy (non-hydrogen) atoms. The van der Waals surface area contributed by atoms with Gasteiger partial charge in [0.25, 0.3) is 0 Å². The number of piperazine rings is 1. The molecule has 184 valence electrons. The Kier molecular flexibility index (Phi) is 8.68. The second-order valence-corrected chi connectivity index (χ2v) is 11.5. The summed E-state index contributed by atoms with van der Waals surface area (Å²) >= 11 is 0. The maximum atomic E-state index is 12.4. The van der Waals surface area contributed by atoms with E-state index in [1.807, 2.05) is 32.9 Å². The van der Waals surface area contributed by atoms with Crippen molar-refractivity contribution in [3.05, 3.63) is 23.9 Å². The number of rotatable bonds is 8. The first-order valence-corrected chi connectivity index (χ1v) is 12.8. The van der Waals surface area contributed by atoms with Crippen LogP contribution in [0.15, 0.2) is 18.3 Å². The first-order valence-electron chi connectivity index (χ1n) is 12.8. The molecule has 2 saturated heterocycles. The fourth-order valence-electron chi connectivity index (χ4n) is 4.73. The molecule has 2 aliphatic heterocycles. The van der Waals surface area contributed by atoms with Crippen LogP contribution < -0.4 is 4.90 Å². The number of pyridine rings is 1. The number of carbonyl (C=O) groups is 2. The lowest BCUT2D eigenvalue weighted by Gasteiger charge is -2.39. The molecular weight excluding hydrogens is 412 g/mol. The van der Waals surface area contributed by atoms with Crippen LogP contribution in [0.3, 0.4) is 0 Å². The minimum absolute atomic E-state index is 0.135. The number of hydrogen-bond acceptors (Lipinski definition) is 6. The lowest BCUT2D eigenvalue weighted by atomic mass is 9.87. The van der Waals surface area contributed by atoms with Crippen molar-refractivity contribution in [1.82, 2.24) is 14.8 Å². The first-order chi connectivity index (χ1) is 15.5. The van der Waals surface area contributed by atoms with Crippen LogP contribution in [0.2, 0.25) is 0 Å². The van der Waals surface area contributed by atoms with E-state index in [0.717, 1.165) is 57.5 Å². The van der Waals surface area contributed by atoms with Gasteiger partial charge in [0.2, 0.25) is 0 Å². The maximum Gasteiger partial charge on any atom is 0.169 e. The van der Waals surface area contributed by atoms with Crippen molar-refractivity contribution in [2.75, 3.05) is 57.3 Å². The Labute approximate surface area is 200 Å². The number of Topliss-reactive ketones (excluding diaryl/α,β-unsaturated/α-hetero) is 2. The van der Waals surface area contributed by atoms with Crippen molar-refractivity contribution in [2.45, 2.75) is 54.4 Å². The van der Waals surface area contributed by atoms with Gasteiger partial charge in [-0.2, -0.15) is 0 Å². The predicted octanol–water partition coefficient (Wildman–Crippen LogP) is 4.01. The maximum absolute atomic E-state index is 12.4. The largest absolute Gasteiger partial charge is 0.354 e. The number of piperidine rings is 1. The van der Waals surface area contributed by atoms with Gasteiger partial charge < -0.3 is 4.90 Å². The Morgan fingerprint density at radius 1 is 0.970 bits per heavy atom. The van der Waals surface area contributed by atoms with E-state index in [9.17, 15) is 9.59 Å². The van der Waals surface area contributed by atoms with E-state index in [-0.39, 0.29) is 17.1 Å². The van der Waals surface area contributed by atoms with E-state index < -0.39 is 0 Å². The molecule has 0 amide bonds. The molecular formula is C27H44N4O2. The third-order valence-electron chi connectivity index (χ3n) is 7.50. The van der Waals surface area contributed by atoms with Gasteiger partial charge in [-0.3, -0.25) is 19.4 Å². The Morgan fingerprint density at radius 3 is 2.12 bits per heavy atom. The lowest BCUT2D eigenvalue weighted by molar-refractivity contribution is -0.125. The van der Waals surface area contributed by atoms with Crippen molar-refractivity contribution < 1.29 is 9.59 Å². The van der Waals surface area contributed by atoms with Gasteiger partial charge in [-0.1, -0.05) is 41.5 Å². The van der Waals surface area contributed by atoms with Gasteiger partial charge in [0, 0.05) is 55.8 Å². The number of anilines is 1. The van der Waals surface area contributed by atoms with Crippen molar-refractivity contribution in [2.24, 2.45) is 23.2 Å². The summed E-state index contributed by atoms with van der Waals surface area (Å²) in [5, 5.41) is 0. The van der Waals surface area contributed by atoms with Crippen molar-refractivity contribution in [3.63, 3.8) is 0 Å². The highest BCUT2D eigenvalue weighted by atomic mass is 16.1. The monoisotopic (exact) mass is 456 g/mol. The first kappa shape index (κ1) is 25.8. The van der Waals surface area contributed by atoms with E-state index in [1.54, 1.807) is 6.20 Å². The molecule has 6 heteroatoms. The van der Waals surface area contributed by atoms with Crippen molar-refractivity contribution in [3.8, 4) is 0 Å². The van der Waals surface area contributed by atoms with Gasteiger partial charge in [0.05, 0.1) is 6.54 Å². The van der Waals surface area contributed by atoms with Crippen LogP contribution in [0, 0.1) is 23.2 Å². The standard InChI is InChI=1S/C27H44N4O2/c1-20(2)21(3)24(32)19-29-11-9-22(10-12-29)18-30-13-15-31(16-14-30)25-8-7-23(17-28-25)26(33)27(4,5)6/h7-8,17,20-22H,9-16,18-19H2,1-6H3. The van der Waals surface area contributed by atoms with Gasteiger partial charge in [0.1, 0.15) is 11.6 Å². The van der Waals surface area contributed by atoms with Gasteiger partial charge in [-0.05, 0) is 49.9 Å². The molecule has 0 aliphatic carbocycles. The zero-order valence-corrected chi connectivity index (χ0v) is 21.6. The molecule has 2 aliphatic rings. The third-order valence-corrected chi connectivity index (χ3v) is 7.50. The Morgan fingerprint density at radius 2 is 1.61 bits per heavy atom. The molecule has 3 heterocycles. The molecule has 1 unspecified atom stereocenters. The molecule has 0 spiro atoms. The Bertz CT molecular complexity index is 783. The number of carbonyl (C=O) groups excluding carboxylic acids is 2. The fraction of sp³-hybridized carbons (Fsp3) is 0.741. The molecule has 0 aromatic carbocycles. The minimum atomic E-state index is -0.382. The zero-order chi connectivity index (χ0) is 24.2. The van der Waals surface area contributed by atoms with Crippen LogP contribution in [0.1, 0.15) is 64.7 Å². The summed E-state index contributed by atoms with van der Waals surface area (Å²) in [5.41, 5.74) is 0.309. The summed E-state index contributed by atoms with van der Waals surface area (Å²) in [6.07, 6.45) is 4.11. The predicted molar refractivity (Wildman–Crippen MR) is 135 cm³/mol. The van der Waals surface area contributed by atoms with Gasteiger partial charge in [0.15, 0.2) is 5.78 Å². The second-order valence-electron chi connectivity index (χ2n) is 11.5.